The molecule has 130 valence electrons. The molecule has 1 N–H and O–H groups in total. The third-order valence-electron chi connectivity index (χ3n) is 4.34. The molecule has 1 aliphatic heterocycles. The van der Waals surface area contributed by atoms with Crippen molar-refractivity contribution in [2.24, 2.45) is 0 Å². The SMILES string of the molecule is CCNC(=O)[C@@H]1Cc2ccccc2CN1C(=O)OCc1ccccc1. The number of hydrogen-bond donors (Lipinski definition) is 1. The van der Waals surface area contributed by atoms with Crippen molar-refractivity contribution in [2.45, 2.75) is 32.5 Å². The number of benzene rings is 2. The van der Waals surface area contributed by atoms with Crippen LogP contribution in [0.25, 0.3) is 0 Å². The first kappa shape index (κ1) is 17.0. The van der Waals surface area contributed by atoms with Gasteiger partial charge in [0.25, 0.3) is 0 Å². The predicted octanol–water partition coefficient (Wildman–Crippen LogP) is 2.89. The Hall–Kier alpha value is -2.82. The first-order valence-corrected chi connectivity index (χ1v) is 8.51. The highest BCUT2D eigenvalue weighted by Gasteiger charge is 2.35. The Balaban J connectivity index is 1.75. The molecule has 0 spiro atoms. The number of nitrogens with one attached hydrogen (secondary N) is 1. The topological polar surface area (TPSA) is 58.6 Å². The monoisotopic (exact) mass is 338 g/mol. The lowest BCUT2D eigenvalue weighted by Crippen LogP contribution is -2.52. The third-order valence-corrected chi connectivity index (χ3v) is 4.34. The zero-order chi connectivity index (χ0) is 17.6. The Bertz CT molecular complexity index is 746. The van der Waals surface area contributed by atoms with Crippen LogP contribution in [0.1, 0.15) is 23.6 Å². The van der Waals surface area contributed by atoms with Crippen LogP contribution in [0.2, 0.25) is 0 Å². The molecule has 3 rings (SSSR count). The van der Waals surface area contributed by atoms with E-state index in [1.807, 2.05) is 61.5 Å². The maximum absolute atomic E-state index is 12.6. The summed E-state index contributed by atoms with van der Waals surface area (Å²) in [5, 5.41) is 2.82. The number of hydrogen-bond acceptors (Lipinski definition) is 3. The van der Waals surface area contributed by atoms with Crippen LogP contribution in [0.4, 0.5) is 4.79 Å². The molecule has 0 aliphatic carbocycles. The lowest BCUT2D eigenvalue weighted by molar-refractivity contribution is -0.126. The molecular weight excluding hydrogens is 316 g/mol. The molecule has 1 aliphatic rings. The largest absolute Gasteiger partial charge is 0.445 e. The normalized spacial score (nSPS) is 16.0. The van der Waals surface area contributed by atoms with Crippen molar-refractivity contribution in [3.63, 3.8) is 0 Å². The Labute approximate surface area is 147 Å². The average molecular weight is 338 g/mol. The Kier molecular flexibility index (Phi) is 5.33. The van der Waals surface area contributed by atoms with Crippen LogP contribution >= 0.6 is 0 Å². The predicted molar refractivity (Wildman–Crippen MR) is 94.8 cm³/mol. The van der Waals surface area contributed by atoms with Crippen molar-refractivity contribution in [2.75, 3.05) is 6.54 Å². The summed E-state index contributed by atoms with van der Waals surface area (Å²) in [4.78, 5) is 26.6. The highest BCUT2D eigenvalue weighted by atomic mass is 16.6. The highest BCUT2D eigenvalue weighted by Crippen LogP contribution is 2.24. The molecule has 0 fully saturated rings. The van der Waals surface area contributed by atoms with Crippen LogP contribution in [0.5, 0.6) is 0 Å². The van der Waals surface area contributed by atoms with Gasteiger partial charge in [0.05, 0.1) is 6.54 Å². The highest BCUT2D eigenvalue weighted by molar-refractivity contribution is 5.86. The molecule has 0 radical (unpaired) electrons. The standard InChI is InChI=1S/C20H22N2O3/c1-2-21-19(23)18-12-16-10-6-7-11-17(16)13-22(18)20(24)25-14-15-8-4-3-5-9-15/h3-11,18H,2,12-14H2,1H3,(H,21,23)/t18-/m0/s1. The maximum Gasteiger partial charge on any atom is 0.411 e. The van der Waals surface area contributed by atoms with Gasteiger partial charge in [-0.25, -0.2) is 4.79 Å². The lowest BCUT2D eigenvalue weighted by atomic mass is 9.94. The third kappa shape index (κ3) is 3.99. The van der Waals surface area contributed by atoms with Crippen molar-refractivity contribution in [3.8, 4) is 0 Å². The molecule has 0 unspecified atom stereocenters. The molecule has 2 aromatic carbocycles. The summed E-state index contributed by atoms with van der Waals surface area (Å²) in [7, 11) is 0. The fourth-order valence-corrected chi connectivity index (χ4v) is 3.04. The first-order chi connectivity index (χ1) is 12.2. The van der Waals surface area contributed by atoms with E-state index in [4.69, 9.17) is 4.74 Å². The van der Waals surface area contributed by atoms with Crippen molar-refractivity contribution in [3.05, 3.63) is 71.3 Å². The number of rotatable bonds is 4. The van der Waals surface area contributed by atoms with E-state index in [2.05, 4.69) is 5.32 Å². The number of carbonyl (C=O) groups is 2. The summed E-state index contributed by atoms with van der Waals surface area (Å²) in [6.45, 7) is 2.97. The number of likely N-dealkylation sites (N-methyl/N-ethyl adjacent to an activating group) is 1. The van der Waals surface area contributed by atoms with Crippen LogP contribution in [0.15, 0.2) is 54.6 Å². The van der Waals surface area contributed by atoms with E-state index in [1.54, 1.807) is 0 Å². The maximum atomic E-state index is 12.6. The van der Waals surface area contributed by atoms with Crippen LogP contribution < -0.4 is 5.32 Å². The van der Waals surface area contributed by atoms with E-state index in [0.29, 0.717) is 19.5 Å². The van der Waals surface area contributed by atoms with E-state index >= 15 is 0 Å². The number of carbonyl (C=O) groups excluding carboxylic acids is 2. The summed E-state index contributed by atoms with van der Waals surface area (Å²) >= 11 is 0. The Morgan fingerprint density at radius 3 is 2.48 bits per heavy atom. The van der Waals surface area contributed by atoms with Gasteiger partial charge in [-0.3, -0.25) is 9.69 Å². The number of ether oxygens (including phenoxy) is 1. The van der Waals surface area contributed by atoms with Crippen LogP contribution in [0.3, 0.4) is 0 Å². The summed E-state index contributed by atoms with van der Waals surface area (Å²) < 4.78 is 5.45. The molecule has 25 heavy (non-hydrogen) atoms. The molecule has 0 aromatic heterocycles. The number of amides is 2. The van der Waals surface area contributed by atoms with Crippen LogP contribution in [-0.4, -0.2) is 29.5 Å². The van der Waals surface area contributed by atoms with Gasteiger partial charge >= 0.3 is 6.09 Å². The molecule has 0 saturated carbocycles. The van der Waals surface area contributed by atoms with Gasteiger partial charge in [-0.1, -0.05) is 54.6 Å². The summed E-state index contributed by atoms with van der Waals surface area (Å²) in [5.41, 5.74) is 3.08. The van der Waals surface area contributed by atoms with E-state index in [-0.39, 0.29) is 12.5 Å². The van der Waals surface area contributed by atoms with Crippen molar-refractivity contribution in [1.82, 2.24) is 10.2 Å². The van der Waals surface area contributed by atoms with Gasteiger partial charge in [-0.15, -0.1) is 0 Å². The van der Waals surface area contributed by atoms with E-state index in [0.717, 1.165) is 16.7 Å². The van der Waals surface area contributed by atoms with Gasteiger partial charge < -0.3 is 10.1 Å². The molecule has 0 bridgehead atoms. The molecule has 1 heterocycles. The van der Waals surface area contributed by atoms with Crippen LogP contribution in [-0.2, 0) is 29.1 Å². The fourth-order valence-electron chi connectivity index (χ4n) is 3.04. The smallest absolute Gasteiger partial charge is 0.411 e. The van der Waals surface area contributed by atoms with Crippen molar-refractivity contribution >= 4 is 12.0 Å². The quantitative estimate of drug-likeness (QED) is 0.932. The number of nitrogens with zero attached hydrogens (tertiary/aromatic N) is 1. The number of fused-ring (bicyclic) bond motifs is 1. The zero-order valence-corrected chi connectivity index (χ0v) is 14.3. The molecule has 2 aromatic rings. The second-order valence-corrected chi connectivity index (χ2v) is 6.05. The van der Waals surface area contributed by atoms with Gasteiger partial charge in [-0.2, -0.15) is 0 Å². The molecular formula is C20H22N2O3. The second kappa shape index (κ2) is 7.83. The van der Waals surface area contributed by atoms with Crippen molar-refractivity contribution in [1.29, 1.82) is 0 Å². The minimum Gasteiger partial charge on any atom is -0.445 e. The zero-order valence-electron chi connectivity index (χ0n) is 14.3. The molecule has 2 amide bonds. The van der Waals surface area contributed by atoms with E-state index in [1.165, 1.54) is 4.90 Å². The molecule has 0 saturated heterocycles. The minimum absolute atomic E-state index is 0.145. The summed E-state index contributed by atoms with van der Waals surface area (Å²) in [6.07, 6.45) is 0.0391. The van der Waals surface area contributed by atoms with Gasteiger partial charge in [0.15, 0.2) is 0 Å². The lowest BCUT2D eigenvalue weighted by Gasteiger charge is -2.35. The van der Waals surface area contributed by atoms with Gasteiger partial charge in [-0.05, 0) is 23.6 Å². The first-order valence-electron chi connectivity index (χ1n) is 8.51. The fraction of sp³-hybridized carbons (Fsp3) is 0.300. The van der Waals surface area contributed by atoms with E-state index < -0.39 is 12.1 Å². The summed E-state index contributed by atoms with van der Waals surface area (Å²) in [5.74, 6) is -0.145. The summed E-state index contributed by atoms with van der Waals surface area (Å²) in [6, 6.07) is 16.9. The van der Waals surface area contributed by atoms with Gasteiger partial charge in [0.2, 0.25) is 5.91 Å². The molecule has 5 heteroatoms. The van der Waals surface area contributed by atoms with Crippen LogP contribution in [0, 0.1) is 0 Å². The molecule has 1 atom stereocenters. The minimum atomic E-state index is -0.543. The van der Waals surface area contributed by atoms with E-state index in [9.17, 15) is 9.59 Å². The Morgan fingerprint density at radius 1 is 1.08 bits per heavy atom. The van der Waals surface area contributed by atoms with Gasteiger partial charge in [0, 0.05) is 13.0 Å². The van der Waals surface area contributed by atoms with Crippen molar-refractivity contribution < 1.29 is 14.3 Å². The molecule has 5 nitrogen and oxygen atoms in total. The second-order valence-electron chi connectivity index (χ2n) is 6.05. The van der Waals surface area contributed by atoms with Gasteiger partial charge in [0.1, 0.15) is 12.6 Å². The average Bonchev–Trinajstić information content (AvgIpc) is 2.66. The Morgan fingerprint density at radius 2 is 1.76 bits per heavy atom.